The number of rotatable bonds is 3. The van der Waals surface area contributed by atoms with Gasteiger partial charge in [0.05, 0.1) is 0 Å². The molecule has 1 amide bonds. The van der Waals surface area contributed by atoms with Crippen LogP contribution in [0.15, 0.2) is 15.3 Å². The first kappa shape index (κ1) is 16.9. The Kier molecular flexibility index (Phi) is 4.93. The molecule has 0 aliphatic heterocycles. The first-order valence-corrected chi connectivity index (χ1v) is 6.65. The van der Waals surface area contributed by atoms with E-state index in [1.807, 2.05) is 20.8 Å². The Morgan fingerprint density at radius 2 is 1.86 bits per heavy atom. The molecular weight excluding hydrogens is 274 g/mol. The monoisotopic (exact) mass is 295 g/mol. The van der Waals surface area contributed by atoms with Crippen molar-refractivity contribution in [3.05, 3.63) is 33.4 Å². The summed E-state index contributed by atoms with van der Waals surface area (Å²) in [5.74, 6) is -0.901. The SMILES string of the molecule is Cc1cc(=O)oc(C)c1C(=O)OC(C)C(=O)NC(C)(C)C. The highest BCUT2D eigenvalue weighted by Crippen LogP contribution is 2.13. The lowest BCUT2D eigenvalue weighted by atomic mass is 10.1. The van der Waals surface area contributed by atoms with Gasteiger partial charge in [-0.2, -0.15) is 0 Å². The maximum Gasteiger partial charge on any atom is 0.342 e. The Morgan fingerprint density at radius 3 is 2.33 bits per heavy atom. The van der Waals surface area contributed by atoms with E-state index in [0.717, 1.165) is 0 Å². The third kappa shape index (κ3) is 4.73. The van der Waals surface area contributed by atoms with Gasteiger partial charge in [-0.05, 0) is 47.1 Å². The molecule has 1 aromatic rings. The number of esters is 1. The van der Waals surface area contributed by atoms with Gasteiger partial charge in [0.25, 0.3) is 5.91 Å². The number of nitrogens with one attached hydrogen (secondary N) is 1. The number of ether oxygens (including phenoxy) is 1. The minimum atomic E-state index is -0.942. The highest BCUT2D eigenvalue weighted by Gasteiger charge is 2.25. The molecule has 1 unspecified atom stereocenters. The first-order valence-electron chi connectivity index (χ1n) is 6.65. The van der Waals surface area contributed by atoms with Crippen LogP contribution in [0.3, 0.4) is 0 Å². The summed E-state index contributed by atoms with van der Waals surface area (Å²) in [6.07, 6.45) is -0.942. The molecule has 0 aromatic carbocycles. The van der Waals surface area contributed by atoms with E-state index in [4.69, 9.17) is 9.15 Å². The molecule has 21 heavy (non-hydrogen) atoms. The zero-order chi connectivity index (χ0) is 16.4. The summed E-state index contributed by atoms with van der Waals surface area (Å²) in [4.78, 5) is 35.2. The van der Waals surface area contributed by atoms with Crippen LogP contribution in [0.25, 0.3) is 0 Å². The number of aryl methyl sites for hydroxylation is 2. The van der Waals surface area contributed by atoms with Gasteiger partial charge < -0.3 is 14.5 Å². The van der Waals surface area contributed by atoms with E-state index in [0.29, 0.717) is 5.56 Å². The fourth-order valence-electron chi connectivity index (χ4n) is 1.81. The zero-order valence-corrected chi connectivity index (χ0v) is 13.2. The molecule has 0 bridgehead atoms. The number of hydrogen-bond acceptors (Lipinski definition) is 5. The molecule has 116 valence electrons. The average Bonchev–Trinajstić information content (AvgIpc) is 2.24. The van der Waals surface area contributed by atoms with Gasteiger partial charge in [-0.3, -0.25) is 4.79 Å². The Hall–Kier alpha value is -2.11. The molecule has 0 radical (unpaired) electrons. The average molecular weight is 295 g/mol. The van der Waals surface area contributed by atoms with Crippen molar-refractivity contribution in [2.75, 3.05) is 0 Å². The molecule has 0 saturated carbocycles. The Labute approximate surface area is 123 Å². The Balaban J connectivity index is 2.87. The lowest BCUT2D eigenvalue weighted by molar-refractivity contribution is -0.130. The molecule has 6 nitrogen and oxygen atoms in total. The molecule has 0 saturated heterocycles. The highest BCUT2D eigenvalue weighted by atomic mass is 16.5. The number of hydrogen-bond donors (Lipinski definition) is 1. The van der Waals surface area contributed by atoms with Crippen molar-refractivity contribution in [2.45, 2.75) is 53.2 Å². The van der Waals surface area contributed by atoms with Gasteiger partial charge in [0.2, 0.25) is 0 Å². The summed E-state index contributed by atoms with van der Waals surface area (Å²) < 4.78 is 10.0. The standard InChI is InChI=1S/C15H21NO5/c1-8-7-11(17)20-9(2)12(8)14(19)21-10(3)13(18)16-15(4,5)6/h7,10H,1-6H3,(H,16,18). The molecule has 0 aliphatic carbocycles. The lowest BCUT2D eigenvalue weighted by Gasteiger charge is -2.23. The van der Waals surface area contributed by atoms with Crippen LogP contribution in [0.5, 0.6) is 0 Å². The van der Waals surface area contributed by atoms with E-state index in [2.05, 4.69) is 5.32 Å². The van der Waals surface area contributed by atoms with Crippen molar-refractivity contribution in [2.24, 2.45) is 0 Å². The number of amides is 1. The van der Waals surface area contributed by atoms with Crippen molar-refractivity contribution in [1.82, 2.24) is 5.32 Å². The molecule has 0 aliphatic rings. The van der Waals surface area contributed by atoms with Gasteiger partial charge in [0.15, 0.2) is 6.10 Å². The van der Waals surface area contributed by atoms with E-state index in [1.165, 1.54) is 19.9 Å². The second kappa shape index (κ2) is 6.11. The summed E-state index contributed by atoms with van der Waals surface area (Å²) in [6.45, 7) is 10.1. The summed E-state index contributed by atoms with van der Waals surface area (Å²) in [5.41, 5.74) is -0.314. The Bertz CT molecular complexity index is 583. The molecule has 1 atom stereocenters. The predicted molar refractivity (Wildman–Crippen MR) is 77.2 cm³/mol. The largest absolute Gasteiger partial charge is 0.449 e. The minimum absolute atomic E-state index is 0.171. The van der Waals surface area contributed by atoms with Gasteiger partial charge in [-0.25, -0.2) is 9.59 Å². The minimum Gasteiger partial charge on any atom is -0.449 e. The van der Waals surface area contributed by atoms with Crippen LogP contribution in [0, 0.1) is 13.8 Å². The van der Waals surface area contributed by atoms with Gasteiger partial charge >= 0.3 is 11.6 Å². The van der Waals surface area contributed by atoms with E-state index >= 15 is 0 Å². The molecule has 6 heteroatoms. The van der Waals surface area contributed by atoms with Crippen LogP contribution in [0.2, 0.25) is 0 Å². The zero-order valence-electron chi connectivity index (χ0n) is 13.2. The van der Waals surface area contributed by atoms with E-state index in [1.54, 1.807) is 6.92 Å². The fourth-order valence-corrected chi connectivity index (χ4v) is 1.81. The number of carbonyl (C=O) groups excluding carboxylic acids is 2. The van der Waals surface area contributed by atoms with Gasteiger partial charge in [-0.15, -0.1) is 0 Å². The first-order chi connectivity index (χ1) is 9.51. The molecule has 1 N–H and O–H groups in total. The lowest BCUT2D eigenvalue weighted by Crippen LogP contribution is -2.46. The van der Waals surface area contributed by atoms with E-state index in [-0.39, 0.29) is 17.2 Å². The van der Waals surface area contributed by atoms with Crippen molar-refractivity contribution >= 4 is 11.9 Å². The number of carbonyl (C=O) groups is 2. The molecule has 1 aromatic heterocycles. The maximum absolute atomic E-state index is 12.1. The molecule has 0 fully saturated rings. The quantitative estimate of drug-likeness (QED) is 0.858. The van der Waals surface area contributed by atoms with E-state index < -0.39 is 23.2 Å². The fraction of sp³-hybridized carbons (Fsp3) is 0.533. The van der Waals surface area contributed by atoms with Crippen LogP contribution in [0.4, 0.5) is 0 Å². The topological polar surface area (TPSA) is 85.6 Å². The second-order valence-electron chi connectivity index (χ2n) is 5.97. The predicted octanol–water partition coefficient (Wildman–Crippen LogP) is 1.72. The summed E-state index contributed by atoms with van der Waals surface area (Å²) in [6, 6.07) is 1.21. The van der Waals surface area contributed by atoms with Crippen molar-refractivity contribution in [3.8, 4) is 0 Å². The summed E-state index contributed by atoms with van der Waals surface area (Å²) in [7, 11) is 0. The smallest absolute Gasteiger partial charge is 0.342 e. The summed E-state index contributed by atoms with van der Waals surface area (Å²) in [5, 5.41) is 2.72. The van der Waals surface area contributed by atoms with Crippen LogP contribution >= 0.6 is 0 Å². The van der Waals surface area contributed by atoms with Crippen LogP contribution < -0.4 is 10.9 Å². The van der Waals surface area contributed by atoms with Crippen LogP contribution in [-0.2, 0) is 9.53 Å². The van der Waals surface area contributed by atoms with Crippen molar-refractivity contribution < 1.29 is 18.7 Å². The maximum atomic E-state index is 12.1. The van der Waals surface area contributed by atoms with Crippen molar-refractivity contribution in [3.63, 3.8) is 0 Å². The van der Waals surface area contributed by atoms with Crippen LogP contribution in [0.1, 0.15) is 49.4 Å². The van der Waals surface area contributed by atoms with E-state index in [9.17, 15) is 14.4 Å². The van der Waals surface area contributed by atoms with Gasteiger partial charge in [0.1, 0.15) is 11.3 Å². The summed E-state index contributed by atoms with van der Waals surface area (Å²) >= 11 is 0. The third-order valence-electron chi connectivity index (χ3n) is 2.69. The van der Waals surface area contributed by atoms with Gasteiger partial charge in [0, 0.05) is 11.6 Å². The molecule has 1 heterocycles. The van der Waals surface area contributed by atoms with Crippen LogP contribution in [-0.4, -0.2) is 23.5 Å². The normalized spacial score (nSPS) is 12.7. The second-order valence-corrected chi connectivity index (χ2v) is 5.97. The highest BCUT2D eigenvalue weighted by molar-refractivity contribution is 5.94. The molecule has 1 rings (SSSR count). The van der Waals surface area contributed by atoms with Gasteiger partial charge in [-0.1, -0.05) is 0 Å². The third-order valence-corrected chi connectivity index (χ3v) is 2.69. The van der Waals surface area contributed by atoms with Crippen molar-refractivity contribution in [1.29, 1.82) is 0 Å². The Morgan fingerprint density at radius 1 is 1.29 bits per heavy atom. The molecule has 0 spiro atoms. The molecular formula is C15H21NO5.